The van der Waals surface area contributed by atoms with Crippen molar-refractivity contribution in [1.29, 1.82) is 0 Å². The lowest BCUT2D eigenvalue weighted by molar-refractivity contribution is -0.138. The Morgan fingerprint density at radius 1 is 1.12 bits per heavy atom. The highest BCUT2D eigenvalue weighted by Crippen LogP contribution is 2.28. The van der Waals surface area contributed by atoms with Crippen molar-refractivity contribution in [3.05, 3.63) is 29.8 Å². The Morgan fingerprint density at radius 2 is 1.75 bits per heavy atom. The summed E-state index contributed by atoms with van der Waals surface area (Å²) in [6.07, 6.45) is 3.18. The van der Waals surface area contributed by atoms with Gasteiger partial charge in [-0.2, -0.15) is 4.31 Å². The summed E-state index contributed by atoms with van der Waals surface area (Å²) in [6.45, 7) is 7.35. The number of nitrogens with zero attached hydrogens (tertiary/aromatic N) is 2. The zero-order chi connectivity index (χ0) is 23.5. The Labute approximate surface area is 193 Å². The van der Waals surface area contributed by atoms with E-state index in [1.54, 1.807) is 17.0 Å². The van der Waals surface area contributed by atoms with Crippen LogP contribution in [-0.4, -0.2) is 69.1 Å². The lowest BCUT2D eigenvalue weighted by Gasteiger charge is -2.36. The van der Waals surface area contributed by atoms with Gasteiger partial charge in [0.25, 0.3) is 0 Å². The molecule has 9 heteroatoms. The molecule has 0 N–H and O–H groups in total. The number of hydrogen-bond acceptors (Lipinski definition) is 5. The van der Waals surface area contributed by atoms with E-state index in [4.69, 9.17) is 0 Å². The minimum atomic E-state index is -3.59. The first-order chi connectivity index (χ1) is 15.0. The quantitative estimate of drug-likeness (QED) is 0.566. The third-order valence-corrected chi connectivity index (χ3v) is 10.3. The molecule has 0 aliphatic carbocycles. The van der Waals surface area contributed by atoms with Crippen LogP contribution in [0.3, 0.4) is 0 Å². The molecule has 1 aromatic carbocycles. The zero-order valence-corrected chi connectivity index (χ0v) is 21.0. The Bertz CT molecular complexity index is 995. The number of amides is 1. The van der Waals surface area contributed by atoms with E-state index < -0.39 is 19.9 Å². The van der Waals surface area contributed by atoms with Gasteiger partial charge >= 0.3 is 0 Å². The van der Waals surface area contributed by atoms with E-state index in [-0.39, 0.29) is 34.3 Å². The normalized spacial score (nSPS) is 22.3. The molecule has 0 spiro atoms. The number of hydrogen-bond donors (Lipinski definition) is 0. The van der Waals surface area contributed by atoms with Crippen LogP contribution in [0.5, 0.6) is 0 Å². The van der Waals surface area contributed by atoms with Gasteiger partial charge < -0.3 is 4.90 Å². The number of carbonyl (C=O) groups excluding carboxylic acids is 1. The molecule has 0 saturated carbocycles. The highest BCUT2D eigenvalue weighted by molar-refractivity contribution is 7.91. The molecule has 1 atom stereocenters. The molecule has 1 amide bonds. The number of piperidine rings is 1. The first-order valence-corrected chi connectivity index (χ1v) is 14.9. The van der Waals surface area contributed by atoms with E-state index in [2.05, 4.69) is 13.8 Å². The standard InChI is InChI=1S/C23H36N2O5S2/c1-4-5-13-25(21-12-16-31(27,28)17-21)23(26)20-10-14-24(15-11-20)32(29,30)22-8-6-19(7-9-22)18(2)3/h6-9,18,20-21H,4-5,10-17H2,1-3H3. The fourth-order valence-corrected chi connectivity index (χ4v) is 7.77. The van der Waals surface area contributed by atoms with Crippen molar-refractivity contribution in [1.82, 2.24) is 9.21 Å². The van der Waals surface area contributed by atoms with Crippen molar-refractivity contribution in [3.63, 3.8) is 0 Å². The van der Waals surface area contributed by atoms with Crippen molar-refractivity contribution in [2.24, 2.45) is 5.92 Å². The molecule has 0 radical (unpaired) electrons. The molecule has 3 rings (SSSR count). The topological polar surface area (TPSA) is 91.8 Å². The summed E-state index contributed by atoms with van der Waals surface area (Å²) in [6, 6.07) is 6.79. The van der Waals surface area contributed by atoms with Crippen LogP contribution in [0.15, 0.2) is 29.2 Å². The maximum Gasteiger partial charge on any atom is 0.243 e. The van der Waals surface area contributed by atoms with Crippen molar-refractivity contribution < 1.29 is 21.6 Å². The maximum atomic E-state index is 13.3. The summed E-state index contributed by atoms with van der Waals surface area (Å²) >= 11 is 0. The Balaban J connectivity index is 1.65. The highest BCUT2D eigenvalue weighted by Gasteiger charge is 2.39. The Kier molecular flexibility index (Phi) is 8.04. The van der Waals surface area contributed by atoms with Crippen LogP contribution in [0.4, 0.5) is 0 Å². The van der Waals surface area contributed by atoms with Crippen LogP contribution in [0.2, 0.25) is 0 Å². The van der Waals surface area contributed by atoms with Crippen molar-refractivity contribution in [3.8, 4) is 0 Å². The molecule has 180 valence electrons. The Hall–Kier alpha value is -1.45. The molecule has 2 aliphatic heterocycles. The summed E-state index contributed by atoms with van der Waals surface area (Å²) in [5, 5.41) is 0. The number of sulfone groups is 1. The van der Waals surface area contributed by atoms with Gasteiger partial charge in [0, 0.05) is 31.6 Å². The molecule has 32 heavy (non-hydrogen) atoms. The average Bonchev–Trinajstić information content (AvgIpc) is 3.13. The molecule has 2 saturated heterocycles. The van der Waals surface area contributed by atoms with E-state index >= 15 is 0 Å². The number of sulfonamides is 1. The molecule has 0 aromatic heterocycles. The second-order valence-corrected chi connectivity index (χ2v) is 13.5. The van der Waals surface area contributed by atoms with Gasteiger partial charge in [-0.05, 0) is 49.3 Å². The van der Waals surface area contributed by atoms with Crippen molar-refractivity contribution in [2.75, 3.05) is 31.1 Å². The van der Waals surface area contributed by atoms with Crippen LogP contribution in [0, 0.1) is 5.92 Å². The lowest BCUT2D eigenvalue weighted by atomic mass is 9.95. The van der Waals surface area contributed by atoms with Gasteiger partial charge in [-0.1, -0.05) is 39.3 Å². The third kappa shape index (κ3) is 5.72. The van der Waals surface area contributed by atoms with Gasteiger partial charge in [0.2, 0.25) is 15.9 Å². The smallest absolute Gasteiger partial charge is 0.243 e. The van der Waals surface area contributed by atoms with Crippen LogP contribution < -0.4 is 0 Å². The fourth-order valence-electron chi connectivity index (χ4n) is 4.57. The van der Waals surface area contributed by atoms with E-state index in [1.165, 1.54) is 4.31 Å². The third-order valence-electron chi connectivity index (χ3n) is 6.67. The Morgan fingerprint density at radius 3 is 2.25 bits per heavy atom. The van der Waals surface area contributed by atoms with Gasteiger partial charge in [0.05, 0.1) is 16.4 Å². The molecule has 0 bridgehead atoms. The molecule has 1 unspecified atom stereocenters. The van der Waals surface area contributed by atoms with Gasteiger partial charge in [0.15, 0.2) is 9.84 Å². The zero-order valence-electron chi connectivity index (χ0n) is 19.4. The van der Waals surface area contributed by atoms with E-state index in [1.807, 2.05) is 19.1 Å². The largest absolute Gasteiger partial charge is 0.338 e. The molecule has 2 heterocycles. The van der Waals surface area contributed by atoms with Crippen LogP contribution >= 0.6 is 0 Å². The second-order valence-electron chi connectivity index (χ2n) is 9.34. The van der Waals surface area contributed by atoms with Crippen LogP contribution in [-0.2, 0) is 24.7 Å². The predicted molar refractivity (Wildman–Crippen MR) is 126 cm³/mol. The summed E-state index contributed by atoms with van der Waals surface area (Å²) in [7, 11) is -6.67. The lowest BCUT2D eigenvalue weighted by Crippen LogP contribution is -2.48. The van der Waals surface area contributed by atoms with Gasteiger partial charge in [0.1, 0.15) is 0 Å². The SMILES string of the molecule is CCCCN(C(=O)C1CCN(S(=O)(=O)c2ccc(C(C)C)cc2)CC1)C1CCS(=O)(=O)C1. The van der Waals surface area contributed by atoms with Crippen molar-refractivity contribution in [2.45, 2.75) is 69.7 Å². The van der Waals surface area contributed by atoms with Gasteiger partial charge in [-0.3, -0.25) is 4.79 Å². The second kappa shape index (κ2) is 10.2. The first kappa shape index (κ1) is 25.2. The van der Waals surface area contributed by atoms with Gasteiger partial charge in [-0.15, -0.1) is 0 Å². The number of unbranched alkanes of at least 4 members (excludes halogenated alkanes) is 1. The minimum Gasteiger partial charge on any atom is -0.338 e. The first-order valence-electron chi connectivity index (χ1n) is 11.7. The van der Waals surface area contributed by atoms with E-state index in [9.17, 15) is 21.6 Å². The maximum absolute atomic E-state index is 13.3. The molecule has 1 aromatic rings. The minimum absolute atomic E-state index is 0.0149. The fraction of sp³-hybridized carbons (Fsp3) is 0.696. The summed E-state index contributed by atoms with van der Waals surface area (Å²) < 4.78 is 51.5. The number of carbonyl (C=O) groups is 1. The molecular weight excluding hydrogens is 448 g/mol. The highest BCUT2D eigenvalue weighted by atomic mass is 32.2. The van der Waals surface area contributed by atoms with E-state index in [0.29, 0.717) is 44.8 Å². The predicted octanol–water partition coefficient (Wildman–Crippen LogP) is 3.03. The van der Waals surface area contributed by atoms with Gasteiger partial charge in [-0.25, -0.2) is 16.8 Å². The molecule has 2 fully saturated rings. The molecular formula is C23H36N2O5S2. The molecule has 7 nitrogen and oxygen atoms in total. The summed E-state index contributed by atoms with van der Waals surface area (Å²) in [5.74, 6) is 0.241. The summed E-state index contributed by atoms with van der Waals surface area (Å²) in [4.78, 5) is 15.3. The van der Waals surface area contributed by atoms with Crippen LogP contribution in [0.25, 0.3) is 0 Å². The monoisotopic (exact) mass is 484 g/mol. The number of benzene rings is 1. The average molecular weight is 485 g/mol. The molecule has 2 aliphatic rings. The van der Waals surface area contributed by atoms with Crippen LogP contribution in [0.1, 0.15) is 64.4 Å². The van der Waals surface area contributed by atoms with Crippen molar-refractivity contribution >= 4 is 25.8 Å². The van der Waals surface area contributed by atoms with E-state index in [0.717, 1.165) is 18.4 Å². The summed E-state index contributed by atoms with van der Waals surface area (Å²) in [5.41, 5.74) is 1.09. The number of rotatable bonds is 8.